The molecule has 2 amide bonds. The van der Waals surface area contributed by atoms with E-state index in [-0.39, 0.29) is 23.0 Å². The van der Waals surface area contributed by atoms with Crippen LogP contribution in [0, 0.1) is 0 Å². The van der Waals surface area contributed by atoms with Gasteiger partial charge in [0.15, 0.2) is 5.11 Å². The number of carbonyl (C=O) groups excluding carboxylic acids is 2. The van der Waals surface area contributed by atoms with Gasteiger partial charge in [-0.2, -0.15) is 0 Å². The zero-order valence-corrected chi connectivity index (χ0v) is 18.3. The van der Waals surface area contributed by atoms with Crippen molar-refractivity contribution < 1.29 is 9.59 Å². The second-order valence-electron chi connectivity index (χ2n) is 7.21. The molecule has 0 aliphatic carbocycles. The first kappa shape index (κ1) is 22.2. The van der Waals surface area contributed by atoms with E-state index in [1.54, 1.807) is 30.3 Å². The lowest BCUT2D eigenvalue weighted by Crippen LogP contribution is -2.33. The van der Waals surface area contributed by atoms with E-state index in [0.717, 1.165) is 22.8 Å². The highest BCUT2D eigenvalue weighted by Gasteiger charge is 2.09. The third-order valence-electron chi connectivity index (χ3n) is 4.87. The van der Waals surface area contributed by atoms with Crippen LogP contribution in [-0.2, 0) is 4.79 Å². The molecule has 1 atom stereocenters. The van der Waals surface area contributed by atoms with Crippen LogP contribution < -0.4 is 16.0 Å². The predicted octanol–water partition coefficient (Wildman–Crippen LogP) is 4.89. The number of thiocarbonyl (C=S) groups is 1. The van der Waals surface area contributed by atoms with Gasteiger partial charge in [-0.05, 0) is 72.2 Å². The van der Waals surface area contributed by atoms with E-state index < -0.39 is 0 Å². The lowest BCUT2D eigenvalue weighted by Gasteiger charge is -2.12. The van der Waals surface area contributed by atoms with Gasteiger partial charge in [-0.1, -0.05) is 49.4 Å². The molecule has 1 unspecified atom stereocenters. The van der Waals surface area contributed by atoms with Crippen molar-refractivity contribution in [2.45, 2.75) is 26.3 Å². The minimum Gasteiger partial charge on any atom is -0.350 e. The molecule has 0 radical (unpaired) electrons. The highest BCUT2D eigenvalue weighted by atomic mass is 32.1. The van der Waals surface area contributed by atoms with Gasteiger partial charge in [0, 0.05) is 23.4 Å². The molecule has 3 rings (SSSR count). The number of anilines is 1. The summed E-state index contributed by atoms with van der Waals surface area (Å²) in [5.74, 6) is -0.440. The van der Waals surface area contributed by atoms with Gasteiger partial charge in [-0.25, -0.2) is 0 Å². The Morgan fingerprint density at radius 3 is 2.45 bits per heavy atom. The van der Waals surface area contributed by atoms with Gasteiger partial charge in [-0.15, -0.1) is 0 Å². The Hall–Kier alpha value is -3.51. The maximum Gasteiger partial charge on any atom is 0.251 e. The van der Waals surface area contributed by atoms with Crippen LogP contribution in [0.15, 0.2) is 72.8 Å². The van der Waals surface area contributed by atoms with Crippen LogP contribution in [0.2, 0.25) is 0 Å². The Morgan fingerprint density at radius 1 is 1.00 bits per heavy atom. The van der Waals surface area contributed by atoms with Crippen LogP contribution in [0.25, 0.3) is 16.8 Å². The summed E-state index contributed by atoms with van der Waals surface area (Å²) in [6.45, 7) is 3.98. The monoisotopic (exact) mass is 431 g/mol. The van der Waals surface area contributed by atoms with Crippen molar-refractivity contribution in [1.82, 2.24) is 10.6 Å². The van der Waals surface area contributed by atoms with Crippen molar-refractivity contribution in [2.24, 2.45) is 0 Å². The van der Waals surface area contributed by atoms with E-state index in [1.807, 2.05) is 56.3 Å². The number of fused-ring (bicyclic) bond motifs is 1. The third kappa shape index (κ3) is 6.23. The van der Waals surface area contributed by atoms with Gasteiger partial charge in [0.2, 0.25) is 5.91 Å². The van der Waals surface area contributed by atoms with E-state index in [4.69, 9.17) is 12.2 Å². The van der Waals surface area contributed by atoms with Crippen molar-refractivity contribution in [1.29, 1.82) is 0 Å². The number of rotatable bonds is 6. The maximum absolute atomic E-state index is 12.2. The molecule has 0 saturated heterocycles. The smallest absolute Gasteiger partial charge is 0.251 e. The molecular weight excluding hydrogens is 406 g/mol. The molecule has 0 aliphatic rings. The topological polar surface area (TPSA) is 70.2 Å². The van der Waals surface area contributed by atoms with Crippen molar-refractivity contribution in [3.63, 3.8) is 0 Å². The second kappa shape index (κ2) is 10.5. The van der Waals surface area contributed by atoms with Gasteiger partial charge in [0.25, 0.3) is 5.91 Å². The number of hydrogen-bond donors (Lipinski definition) is 3. The highest BCUT2D eigenvalue weighted by Crippen LogP contribution is 2.19. The Labute approximate surface area is 187 Å². The van der Waals surface area contributed by atoms with E-state index in [9.17, 15) is 9.59 Å². The van der Waals surface area contributed by atoms with Crippen molar-refractivity contribution in [3.8, 4) is 0 Å². The highest BCUT2D eigenvalue weighted by molar-refractivity contribution is 7.80. The molecule has 0 bridgehead atoms. The number of benzene rings is 3. The molecule has 3 N–H and O–H groups in total. The second-order valence-corrected chi connectivity index (χ2v) is 7.61. The minimum absolute atomic E-state index is 0.115. The number of nitrogens with one attached hydrogen (secondary N) is 3. The Kier molecular flexibility index (Phi) is 7.51. The summed E-state index contributed by atoms with van der Waals surface area (Å²) in [5.41, 5.74) is 2.21. The average molecular weight is 432 g/mol. The third-order valence-corrected chi connectivity index (χ3v) is 5.07. The quantitative estimate of drug-likeness (QED) is 0.384. The Bertz CT molecular complexity index is 1120. The molecule has 3 aromatic rings. The number of carbonyl (C=O) groups is 2. The summed E-state index contributed by atoms with van der Waals surface area (Å²) in [4.78, 5) is 24.4. The minimum atomic E-state index is -0.324. The van der Waals surface area contributed by atoms with Crippen molar-refractivity contribution in [2.75, 3.05) is 5.32 Å². The predicted molar refractivity (Wildman–Crippen MR) is 131 cm³/mol. The Balaban J connectivity index is 1.56. The van der Waals surface area contributed by atoms with Crippen LogP contribution in [0.5, 0.6) is 0 Å². The normalized spacial score (nSPS) is 11.8. The molecule has 0 aliphatic heterocycles. The van der Waals surface area contributed by atoms with Gasteiger partial charge in [0.05, 0.1) is 0 Å². The molecule has 5 nitrogen and oxygen atoms in total. The zero-order valence-electron chi connectivity index (χ0n) is 17.5. The summed E-state index contributed by atoms with van der Waals surface area (Å²) in [7, 11) is 0. The Morgan fingerprint density at radius 2 is 1.71 bits per heavy atom. The van der Waals surface area contributed by atoms with Crippen LogP contribution in [0.4, 0.5) is 5.69 Å². The summed E-state index contributed by atoms with van der Waals surface area (Å²) >= 11 is 5.22. The summed E-state index contributed by atoms with van der Waals surface area (Å²) in [6.07, 6.45) is 4.09. The number of hydrogen-bond acceptors (Lipinski definition) is 3. The van der Waals surface area contributed by atoms with Crippen molar-refractivity contribution in [3.05, 3.63) is 83.9 Å². The molecule has 0 saturated carbocycles. The zero-order chi connectivity index (χ0) is 22.2. The van der Waals surface area contributed by atoms with Gasteiger partial charge in [-0.3, -0.25) is 14.9 Å². The van der Waals surface area contributed by atoms with E-state index >= 15 is 0 Å². The van der Waals surface area contributed by atoms with Crippen LogP contribution in [-0.4, -0.2) is 23.0 Å². The van der Waals surface area contributed by atoms with Crippen LogP contribution >= 0.6 is 12.2 Å². The van der Waals surface area contributed by atoms with Gasteiger partial charge >= 0.3 is 0 Å². The fraction of sp³-hybridized carbons (Fsp3) is 0.160. The molecule has 0 spiro atoms. The molecule has 0 fully saturated rings. The first-order valence-electron chi connectivity index (χ1n) is 10.1. The van der Waals surface area contributed by atoms with Crippen LogP contribution in [0.3, 0.4) is 0 Å². The van der Waals surface area contributed by atoms with Crippen molar-refractivity contribution >= 4 is 51.7 Å². The standard InChI is InChI=1S/C25H25N3O2S/c1-3-17(2)26-24(30)20-11-14-21(15-12-20)27-25(31)28-23(29)16-13-19-9-6-8-18-7-4-5-10-22(18)19/h4-17H,3H2,1-2H3,(H,26,30)(H2,27,28,29,31)/b16-13+. The molecular formula is C25H25N3O2S. The molecule has 158 valence electrons. The first-order chi connectivity index (χ1) is 15.0. The molecule has 3 aromatic carbocycles. The summed E-state index contributed by atoms with van der Waals surface area (Å²) in [5, 5.41) is 10.9. The van der Waals surface area contributed by atoms with Gasteiger partial charge in [0.1, 0.15) is 0 Å². The molecule has 31 heavy (non-hydrogen) atoms. The fourth-order valence-electron chi connectivity index (χ4n) is 2.99. The van der Waals surface area contributed by atoms with E-state index in [1.165, 1.54) is 6.08 Å². The molecule has 6 heteroatoms. The average Bonchev–Trinajstić information content (AvgIpc) is 2.77. The lowest BCUT2D eigenvalue weighted by atomic mass is 10.0. The molecule has 0 heterocycles. The lowest BCUT2D eigenvalue weighted by molar-refractivity contribution is -0.115. The van der Waals surface area contributed by atoms with E-state index in [2.05, 4.69) is 16.0 Å². The number of amides is 2. The van der Waals surface area contributed by atoms with Crippen LogP contribution in [0.1, 0.15) is 36.2 Å². The molecule has 0 aromatic heterocycles. The fourth-order valence-corrected chi connectivity index (χ4v) is 3.21. The summed E-state index contributed by atoms with van der Waals surface area (Å²) in [6, 6.07) is 21.0. The summed E-state index contributed by atoms with van der Waals surface area (Å²) < 4.78 is 0. The first-order valence-corrected chi connectivity index (χ1v) is 10.6. The SMILES string of the molecule is CCC(C)NC(=O)c1ccc(NC(=S)NC(=O)/C=C/c2cccc3ccccc23)cc1. The largest absolute Gasteiger partial charge is 0.350 e. The maximum atomic E-state index is 12.2. The van der Waals surface area contributed by atoms with Gasteiger partial charge < -0.3 is 10.6 Å². The van der Waals surface area contributed by atoms with E-state index in [0.29, 0.717) is 11.3 Å².